The molecule has 1 aromatic heterocycles. The summed E-state index contributed by atoms with van der Waals surface area (Å²) in [6.07, 6.45) is -0.669. The second-order valence-corrected chi connectivity index (χ2v) is 8.93. The predicted octanol–water partition coefficient (Wildman–Crippen LogP) is 6.51. The molecule has 0 aliphatic heterocycles. The molecule has 0 radical (unpaired) electrons. The van der Waals surface area contributed by atoms with Gasteiger partial charge in [0.1, 0.15) is 11.9 Å². The number of benzene rings is 2. The predicted molar refractivity (Wildman–Crippen MR) is 125 cm³/mol. The minimum atomic E-state index is -0.669. The number of ether oxygens (including phenoxy) is 1. The molecule has 0 fully saturated rings. The lowest BCUT2D eigenvalue weighted by molar-refractivity contribution is -0.0594. The summed E-state index contributed by atoms with van der Waals surface area (Å²) in [5.41, 5.74) is 5.20. The van der Waals surface area contributed by atoms with E-state index in [0.717, 1.165) is 38.9 Å². The lowest BCUT2D eigenvalue weighted by Gasteiger charge is -2.30. The van der Waals surface area contributed by atoms with Crippen LogP contribution in [0.1, 0.15) is 43.7 Å². The van der Waals surface area contributed by atoms with Crippen LogP contribution in [0, 0.1) is 6.92 Å². The number of halogens is 1. The van der Waals surface area contributed by atoms with Crippen molar-refractivity contribution in [2.75, 3.05) is 7.05 Å². The highest BCUT2D eigenvalue weighted by molar-refractivity contribution is 6.30. The Labute approximate surface area is 183 Å². The van der Waals surface area contributed by atoms with Crippen molar-refractivity contribution in [1.82, 2.24) is 10.3 Å². The largest absolute Gasteiger partial charge is 0.510 e. The number of hydrogen-bond donors (Lipinski definition) is 2. The number of hydrogen-bond acceptors (Lipinski definition) is 4. The van der Waals surface area contributed by atoms with Gasteiger partial charge in [-0.2, -0.15) is 0 Å². The first-order valence-corrected chi connectivity index (χ1v) is 10.4. The lowest BCUT2D eigenvalue weighted by atomic mass is 9.88. The average molecular weight is 425 g/mol. The average Bonchev–Trinajstić information content (AvgIpc) is 2.65. The second kappa shape index (κ2) is 8.76. The summed E-state index contributed by atoms with van der Waals surface area (Å²) in [6, 6.07) is 13.8. The van der Waals surface area contributed by atoms with Gasteiger partial charge in [-0.1, -0.05) is 36.4 Å². The Kier molecular flexibility index (Phi) is 6.51. The van der Waals surface area contributed by atoms with Gasteiger partial charge in [0.15, 0.2) is 0 Å². The smallest absolute Gasteiger partial charge is 0.140 e. The van der Waals surface area contributed by atoms with Crippen molar-refractivity contribution >= 4 is 22.5 Å². The van der Waals surface area contributed by atoms with Crippen molar-refractivity contribution in [2.45, 2.75) is 45.9 Å². The molecule has 0 spiro atoms. The quantitative estimate of drug-likeness (QED) is 0.443. The maximum absolute atomic E-state index is 10.5. The summed E-state index contributed by atoms with van der Waals surface area (Å²) in [4.78, 5) is 4.84. The molecule has 2 N–H and O–H groups in total. The van der Waals surface area contributed by atoms with Crippen molar-refractivity contribution < 1.29 is 9.84 Å². The Balaban J connectivity index is 2.36. The van der Waals surface area contributed by atoms with E-state index in [9.17, 15) is 5.11 Å². The fourth-order valence-corrected chi connectivity index (χ4v) is 3.78. The Morgan fingerprint density at radius 2 is 1.87 bits per heavy atom. The number of rotatable bonds is 6. The van der Waals surface area contributed by atoms with Gasteiger partial charge in [-0.25, -0.2) is 0 Å². The van der Waals surface area contributed by atoms with E-state index < -0.39 is 11.7 Å². The third-order valence-corrected chi connectivity index (χ3v) is 5.08. The first-order valence-electron chi connectivity index (χ1n) is 10.00. The van der Waals surface area contributed by atoms with Crippen LogP contribution in [-0.4, -0.2) is 22.7 Å². The molecule has 0 saturated heterocycles. The van der Waals surface area contributed by atoms with Gasteiger partial charge in [0.05, 0.1) is 16.8 Å². The summed E-state index contributed by atoms with van der Waals surface area (Å²) >= 11 is 6.15. The van der Waals surface area contributed by atoms with Gasteiger partial charge in [0.2, 0.25) is 0 Å². The molecular formula is C25H29ClN2O2. The van der Waals surface area contributed by atoms with Crippen LogP contribution in [0.5, 0.6) is 0 Å². The van der Waals surface area contributed by atoms with Gasteiger partial charge in [0, 0.05) is 17.0 Å². The summed E-state index contributed by atoms with van der Waals surface area (Å²) in [6.45, 7) is 12.4. The van der Waals surface area contributed by atoms with Gasteiger partial charge in [-0.3, -0.25) is 4.98 Å². The van der Waals surface area contributed by atoms with Crippen molar-refractivity contribution in [3.63, 3.8) is 0 Å². The summed E-state index contributed by atoms with van der Waals surface area (Å²) in [5.74, 6) is -0.0256. The maximum atomic E-state index is 10.5. The molecule has 0 saturated carbocycles. The van der Waals surface area contributed by atoms with Crippen molar-refractivity contribution in [1.29, 1.82) is 0 Å². The molecule has 0 bridgehead atoms. The van der Waals surface area contributed by atoms with Crippen LogP contribution >= 0.6 is 11.6 Å². The zero-order valence-electron chi connectivity index (χ0n) is 18.2. The topological polar surface area (TPSA) is 54.4 Å². The van der Waals surface area contributed by atoms with Crippen molar-refractivity contribution in [3.05, 3.63) is 76.6 Å². The molecule has 1 atom stereocenters. The summed E-state index contributed by atoms with van der Waals surface area (Å²) in [7, 11) is 1.90. The third kappa shape index (κ3) is 4.84. The van der Waals surface area contributed by atoms with Crippen molar-refractivity contribution in [2.24, 2.45) is 0 Å². The zero-order chi connectivity index (χ0) is 22.1. The van der Waals surface area contributed by atoms with E-state index in [0.29, 0.717) is 11.6 Å². The van der Waals surface area contributed by atoms with E-state index in [1.54, 1.807) is 0 Å². The molecule has 1 heterocycles. The van der Waals surface area contributed by atoms with Crippen LogP contribution in [0.3, 0.4) is 0 Å². The molecule has 158 valence electrons. The molecule has 0 amide bonds. The molecule has 3 aromatic rings. The van der Waals surface area contributed by atoms with Crippen LogP contribution in [-0.2, 0) is 11.3 Å². The number of pyridine rings is 1. The van der Waals surface area contributed by atoms with Crippen LogP contribution in [0.2, 0.25) is 5.02 Å². The normalized spacial score (nSPS) is 12.9. The van der Waals surface area contributed by atoms with Gasteiger partial charge >= 0.3 is 0 Å². The number of nitrogens with zero attached hydrogens (tertiary/aromatic N) is 1. The number of fused-ring (bicyclic) bond motifs is 1. The molecule has 30 heavy (non-hydrogen) atoms. The molecular weight excluding hydrogens is 396 g/mol. The highest BCUT2D eigenvalue weighted by Crippen LogP contribution is 2.42. The SMILES string of the molecule is C=C(O)[C@@H](OC(C)(C)C)c1c(C)cc2nc(CNC)ccc2c1-c1ccc(Cl)cc1. The highest BCUT2D eigenvalue weighted by Gasteiger charge is 2.28. The highest BCUT2D eigenvalue weighted by atomic mass is 35.5. The number of aliphatic hydroxyl groups excluding tert-OH is 1. The molecule has 3 rings (SSSR count). The number of aliphatic hydroxyl groups is 1. The molecule has 5 heteroatoms. The standard InChI is InChI=1S/C25H29ClN2O2/c1-15-13-21-20(12-11-19(28-21)14-27-6)23(17-7-9-18(26)10-8-17)22(15)24(16(2)29)30-25(3,4)5/h7-13,24,27,29H,2,14H2,1,3-6H3/t24-/m1/s1. The van der Waals surface area contributed by atoms with E-state index in [-0.39, 0.29) is 5.76 Å². The number of aryl methyl sites for hydroxylation is 1. The van der Waals surface area contributed by atoms with Crippen LogP contribution in [0.25, 0.3) is 22.0 Å². The Hall–Kier alpha value is -2.40. The van der Waals surface area contributed by atoms with Crippen molar-refractivity contribution in [3.8, 4) is 11.1 Å². The second-order valence-electron chi connectivity index (χ2n) is 8.49. The minimum Gasteiger partial charge on any atom is -0.510 e. The first kappa shape index (κ1) is 22.3. The molecule has 4 nitrogen and oxygen atoms in total. The Morgan fingerprint density at radius 1 is 1.20 bits per heavy atom. The van der Waals surface area contributed by atoms with Crippen LogP contribution < -0.4 is 5.32 Å². The Bertz CT molecular complexity index is 1070. The molecule has 0 aliphatic carbocycles. The monoisotopic (exact) mass is 424 g/mol. The fourth-order valence-electron chi connectivity index (χ4n) is 3.66. The zero-order valence-corrected chi connectivity index (χ0v) is 19.0. The van der Waals surface area contributed by atoms with Crippen LogP contribution in [0.4, 0.5) is 0 Å². The molecule has 2 aromatic carbocycles. The van der Waals surface area contributed by atoms with E-state index in [1.807, 2.05) is 71.1 Å². The van der Waals surface area contributed by atoms with E-state index in [2.05, 4.69) is 18.0 Å². The third-order valence-electron chi connectivity index (χ3n) is 4.83. The van der Waals surface area contributed by atoms with Gasteiger partial charge in [-0.15, -0.1) is 0 Å². The van der Waals surface area contributed by atoms with E-state index >= 15 is 0 Å². The van der Waals surface area contributed by atoms with Crippen LogP contribution in [0.15, 0.2) is 54.8 Å². The lowest BCUT2D eigenvalue weighted by Crippen LogP contribution is -2.24. The van der Waals surface area contributed by atoms with E-state index in [4.69, 9.17) is 21.3 Å². The first-order chi connectivity index (χ1) is 14.1. The van der Waals surface area contributed by atoms with Gasteiger partial charge in [-0.05, 0) is 81.3 Å². The summed E-state index contributed by atoms with van der Waals surface area (Å²) < 4.78 is 6.26. The maximum Gasteiger partial charge on any atom is 0.140 e. The molecule has 0 unspecified atom stereocenters. The fraction of sp³-hybridized carbons (Fsp3) is 0.320. The number of nitrogens with one attached hydrogen (secondary N) is 1. The molecule has 0 aliphatic rings. The van der Waals surface area contributed by atoms with Gasteiger partial charge < -0.3 is 15.2 Å². The Morgan fingerprint density at radius 3 is 2.43 bits per heavy atom. The van der Waals surface area contributed by atoms with E-state index in [1.165, 1.54) is 0 Å². The summed E-state index contributed by atoms with van der Waals surface area (Å²) in [5, 5.41) is 15.3. The van der Waals surface area contributed by atoms with Gasteiger partial charge in [0.25, 0.3) is 0 Å². The minimum absolute atomic E-state index is 0.0256. The number of aromatic nitrogens is 1.